The molecule has 3 N–H and O–H groups in total. The molecule has 1 amide bonds. The van der Waals surface area contributed by atoms with Gasteiger partial charge in [-0.2, -0.15) is 0 Å². The molecule has 1 unspecified atom stereocenters. The first-order chi connectivity index (χ1) is 9.20. The minimum Gasteiger partial charge on any atom is -0.368 e. The Labute approximate surface area is 119 Å². The third kappa shape index (κ3) is 3.68. The Balaban J connectivity index is 2.15. The molecule has 0 saturated carbocycles. The normalized spacial score (nSPS) is 12.1. The first-order valence-electron chi connectivity index (χ1n) is 5.79. The number of hydrogen-bond donors (Lipinski definition) is 2. The van der Waals surface area contributed by atoms with Crippen LogP contribution in [0.15, 0.2) is 34.7 Å². The third-order valence-electron chi connectivity index (χ3n) is 2.31. The average Bonchev–Trinajstić information content (AvgIpc) is 2.85. The van der Waals surface area contributed by atoms with E-state index in [-0.39, 0.29) is 5.91 Å². The molecular weight excluding hydrogens is 280 g/mol. The number of nitrogens with zero attached hydrogens (tertiary/aromatic N) is 2. The van der Waals surface area contributed by atoms with Gasteiger partial charge < -0.3 is 11.1 Å². The summed E-state index contributed by atoms with van der Waals surface area (Å²) < 4.78 is 0.726. The number of rotatable bonds is 6. The van der Waals surface area contributed by atoms with E-state index in [1.165, 1.54) is 23.1 Å². The molecule has 0 saturated heterocycles. The first kappa shape index (κ1) is 13.8. The van der Waals surface area contributed by atoms with Crippen molar-refractivity contribution >= 4 is 34.1 Å². The van der Waals surface area contributed by atoms with Crippen LogP contribution in [0.4, 0.5) is 5.13 Å². The first-order valence-corrected chi connectivity index (χ1v) is 7.48. The molecular formula is C12H14N4OS2. The van der Waals surface area contributed by atoms with Crippen molar-refractivity contribution in [1.29, 1.82) is 0 Å². The van der Waals surface area contributed by atoms with Gasteiger partial charge >= 0.3 is 0 Å². The fourth-order valence-electron chi connectivity index (χ4n) is 1.50. The Morgan fingerprint density at radius 2 is 2.16 bits per heavy atom. The van der Waals surface area contributed by atoms with Gasteiger partial charge in [0.15, 0.2) is 4.34 Å². The summed E-state index contributed by atoms with van der Waals surface area (Å²) in [6.45, 7) is 2.78. The molecule has 1 atom stereocenters. The highest BCUT2D eigenvalue weighted by Gasteiger charge is 2.21. The highest BCUT2D eigenvalue weighted by Crippen LogP contribution is 2.37. The van der Waals surface area contributed by atoms with Gasteiger partial charge in [-0.1, -0.05) is 53.4 Å². The van der Waals surface area contributed by atoms with Gasteiger partial charge in [0.25, 0.3) is 0 Å². The molecule has 0 aliphatic heterocycles. The molecule has 5 nitrogen and oxygen atoms in total. The summed E-state index contributed by atoms with van der Waals surface area (Å²) in [7, 11) is 0. The van der Waals surface area contributed by atoms with Gasteiger partial charge in [-0.3, -0.25) is 4.79 Å². The Morgan fingerprint density at radius 3 is 2.79 bits per heavy atom. The standard InChI is InChI=1S/C12H14N4OS2/c1-2-14-11-15-16-12(19-11)18-9(10(13)17)8-6-4-3-5-7-8/h3-7,9H,2H2,1H3,(H2,13,17)(H,14,15). The lowest BCUT2D eigenvalue weighted by molar-refractivity contribution is -0.117. The van der Waals surface area contributed by atoms with Crippen LogP contribution in [-0.4, -0.2) is 22.6 Å². The lowest BCUT2D eigenvalue weighted by atomic mass is 10.1. The number of nitrogens with two attached hydrogens (primary N) is 1. The van der Waals surface area contributed by atoms with Crippen LogP contribution in [0.5, 0.6) is 0 Å². The van der Waals surface area contributed by atoms with Crippen molar-refractivity contribution in [3.8, 4) is 0 Å². The van der Waals surface area contributed by atoms with Crippen LogP contribution in [0.1, 0.15) is 17.7 Å². The number of thioether (sulfide) groups is 1. The quantitative estimate of drug-likeness (QED) is 0.799. The molecule has 0 spiro atoms. The number of benzene rings is 1. The van der Waals surface area contributed by atoms with E-state index in [0.717, 1.165) is 21.6 Å². The Bertz CT molecular complexity index is 544. The minimum atomic E-state index is -0.441. The van der Waals surface area contributed by atoms with Gasteiger partial charge in [0.1, 0.15) is 5.25 Å². The SMILES string of the molecule is CCNc1nnc(SC(C(N)=O)c2ccccc2)s1. The van der Waals surface area contributed by atoms with Crippen molar-refractivity contribution < 1.29 is 4.79 Å². The van der Waals surface area contributed by atoms with E-state index >= 15 is 0 Å². The van der Waals surface area contributed by atoms with E-state index < -0.39 is 5.25 Å². The van der Waals surface area contributed by atoms with Crippen LogP contribution in [0.3, 0.4) is 0 Å². The van der Waals surface area contributed by atoms with Crippen LogP contribution in [0, 0.1) is 0 Å². The molecule has 0 bridgehead atoms. The van der Waals surface area contributed by atoms with Crippen molar-refractivity contribution in [3.05, 3.63) is 35.9 Å². The third-order valence-corrected chi connectivity index (χ3v) is 4.55. The van der Waals surface area contributed by atoms with Crippen LogP contribution < -0.4 is 11.1 Å². The summed E-state index contributed by atoms with van der Waals surface area (Å²) in [6, 6.07) is 9.44. The van der Waals surface area contributed by atoms with Gasteiger partial charge in [0, 0.05) is 6.54 Å². The lowest BCUT2D eigenvalue weighted by Crippen LogP contribution is -2.18. The summed E-state index contributed by atoms with van der Waals surface area (Å²) in [5.41, 5.74) is 6.34. The molecule has 1 aromatic heterocycles. The van der Waals surface area contributed by atoms with Gasteiger partial charge in [-0.25, -0.2) is 0 Å². The van der Waals surface area contributed by atoms with Crippen LogP contribution in [0.25, 0.3) is 0 Å². The molecule has 1 heterocycles. The Kier molecular flexibility index (Phi) is 4.75. The fourth-order valence-corrected chi connectivity index (χ4v) is 3.46. The molecule has 0 aliphatic rings. The highest BCUT2D eigenvalue weighted by atomic mass is 32.2. The molecule has 0 fully saturated rings. The topological polar surface area (TPSA) is 80.9 Å². The maximum absolute atomic E-state index is 11.6. The smallest absolute Gasteiger partial charge is 0.235 e. The number of carbonyl (C=O) groups excluding carboxylic acids is 1. The predicted molar refractivity (Wildman–Crippen MR) is 78.3 cm³/mol. The molecule has 0 radical (unpaired) electrons. The highest BCUT2D eigenvalue weighted by molar-refractivity contribution is 8.01. The molecule has 19 heavy (non-hydrogen) atoms. The monoisotopic (exact) mass is 294 g/mol. The summed E-state index contributed by atoms with van der Waals surface area (Å²) in [5.74, 6) is -0.378. The summed E-state index contributed by atoms with van der Waals surface area (Å²) in [4.78, 5) is 11.6. The van der Waals surface area contributed by atoms with E-state index in [1.807, 2.05) is 37.3 Å². The second-order valence-corrected chi connectivity index (χ2v) is 6.04. The summed E-state index contributed by atoms with van der Waals surface area (Å²) >= 11 is 2.75. The van der Waals surface area contributed by atoms with Gasteiger partial charge in [0.05, 0.1) is 0 Å². The van der Waals surface area contributed by atoms with Gasteiger partial charge in [-0.15, -0.1) is 10.2 Å². The second-order valence-electron chi connectivity index (χ2n) is 3.71. The van der Waals surface area contributed by atoms with E-state index in [2.05, 4.69) is 15.5 Å². The molecule has 100 valence electrons. The number of nitrogens with one attached hydrogen (secondary N) is 1. The zero-order chi connectivity index (χ0) is 13.7. The molecule has 0 aliphatic carbocycles. The number of carbonyl (C=O) groups is 1. The minimum absolute atomic E-state index is 0.378. The number of aromatic nitrogens is 2. The zero-order valence-electron chi connectivity index (χ0n) is 10.4. The van der Waals surface area contributed by atoms with E-state index in [0.29, 0.717) is 0 Å². The Hall–Kier alpha value is -1.60. The molecule has 2 aromatic rings. The van der Waals surface area contributed by atoms with E-state index in [4.69, 9.17) is 5.73 Å². The fraction of sp³-hybridized carbons (Fsp3) is 0.250. The van der Waals surface area contributed by atoms with Crippen molar-refractivity contribution in [1.82, 2.24) is 10.2 Å². The maximum atomic E-state index is 11.6. The largest absolute Gasteiger partial charge is 0.368 e. The number of primary amides is 1. The van der Waals surface area contributed by atoms with Crippen molar-refractivity contribution in [3.63, 3.8) is 0 Å². The Morgan fingerprint density at radius 1 is 1.42 bits per heavy atom. The number of amides is 1. The van der Waals surface area contributed by atoms with Crippen LogP contribution in [0.2, 0.25) is 0 Å². The van der Waals surface area contributed by atoms with Crippen LogP contribution in [-0.2, 0) is 4.79 Å². The van der Waals surface area contributed by atoms with Gasteiger partial charge in [0.2, 0.25) is 11.0 Å². The van der Waals surface area contributed by atoms with E-state index in [1.54, 1.807) is 0 Å². The van der Waals surface area contributed by atoms with E-state index in [9.17, 15) is 4.79 Å². The summed E-state index contributed by atoms with van der Waals surface area (Å²) in [5, 5.41) is 11.4. The predicted octanol–water partition coefficient (Wildman–Crippen LogP) is 2.29. The molecule has 1 aromatic carbocycles. The average molecular weight is 294 g/mol. The van der Waals surface area contributed by atoms with Crippen molar-refractivity contribution in [2.24, 2.45) is 5.73 Å². The molecule has 7 heteroatoms. The zero-order valence-corrected chi connectivity index (χ0v) is 12.0. The van der Waals surface area contributed by atoms with Crippen LogP contribution >= 0.6 is 23.1 Å². The second kappa shape index (κ2) is 6.53. The number of hydrogen-bond acceptors (Lipinski definition) is 6. The van der Waals surface area contributed by atoms with Crippen molar-refractivity contribution in [2.75, 3.05) is 11.9 Å². The number of anilines is 1. The lowest BCUT2D eigenvalue weighted by Gasteiger charge is -2.10. The maximum Gasteiger partial charge on any atom is 0.235 e. The summed E-state index contributed by atoms with van der Waals surface area (Å²) in [6.07, 6.45) is 0. The van der Waals surface area contributed by atoms with Crippen molar-refractivity contribution in [2.45, 2.75) is 16.5 Å². The molecule has 2 rings (SSSR count). The van der Waals surface area contributed by atoms with Gasteiger partial charge in [-0.05, 0) is 12.5 Å².